The molecule has 1 fully saturated rings. The number of benzene rings is 1. The number of nitrogens with one attached hydrogen (secondary N) is 1. The molecule has 0 bridgehead atoms. The third kappa shape index (κ3) is 3.35. The quantitative estimate of drug-likeness (QED) is 0.919. The number of morpholine rings is 1. The van der Waals surface area contributed by atoms with Gasteiger partial charge in [-0.1, -0.05) is 23.2 Å². The maximum atomic E-state index is 14.8. The molecule has 5 heteroatoms. The Morgan fingerprint density at radius 3 is 2.94 bits per heavy atom. The summed E-state index contributed by atoms with van der Waals surface area (Å²) in [5.74, 6) is 0. The van der Waals surface area contributed by atoms with E-state index in [1.165, 1.54) is 6.92 Å². The van der Waals surface area contributed by atoms with Gasteiger partial charge in [0.2, 0.25) is 0 Å². The van der Waals surface area contributed by atoms with Gasteiger partial charge in [-0.2, -0.15) is 0 Å². The number of hydrogen-bond acceptors (Lipinski definition) is 2. The summed E-state index contributed by atoms with van der Waals surface area (Å²) in [5, 5.41) is 4.13. The molecule has 1 N–H and O–H groups in total. The van der Waals surface area contributed by atoms with Gasteiger partial charge in [-0.3, -0.25) is 0 Å². The number of ether oxygens (including phenoxy) is 1. The Bertz CT molecular complexity index is 419. The van der Waals surface area contributed by atoms with E-state index in [0.29, 0.717) is 35.2 Å². The summed E-state index contributed by atoms with van der Waals surface area (Å²) in [5.41, 5.74) is -1.09. The van der Waals surface area contributed by atoms with Crippen LogP contribution in [0.1, 0.15) is 18.9 Å². The van der Waals surface area contributed by atoms with Crippen LogP contribution in [0.25, 0.3) is 0 Å². The predicted molar refractivity (Wildman–Crippen MR) is 72.1 cm³/mol. The number of halogens is 3. The van der Waals surface area contributed by atoms with Gasteiger partial charge >= 0.3 is 0 Å². The van der Waals surface area contributed by atoms with E-state index in [0.717, 1.165) is 6.54 Å². The van der Waals surface area contributed by atoms with Crippen LogP contribution in [0.15, 0.2) is 18.2 Å². The zero-order chi connectivity index (χ0) is 13.2. The third-order valence-corrected chi connectivity index (χ3v) is 3.68. The third-order valence-electron chi connectivity index (χ3n) is 3.12. The molecule has 1 aromatic carbocycles. The van der Waals surface area contributed by atoms with E-state index >= 15 is 0 Å². The summed E-state index contributed by atoms with van der Waals surface area (Å²) < 4.78 is 20.1. The van der Waals surface area contributed by atoms with Crippen LogP contribution in [0.5, 0.6) is 0 Å². The summed E-state index contributed by atoms with van der Waals surface area (Å²) in [7, 11) is 0. The van der Waals surface area contributed by atoms with E-state index < -0.39 is 5.67 Å². The van der Waals surface area contributed by atoms with Crippen LogP contribution in [-0.4, -0.2) is 25.8 Å². The van der Waals surface area contributed by atoms with Gasteiger partial charge in [0.15, 0.2) is 0 Å². The Balaban J connectivity index is 2.15. The lowest BCUT2D eigenvalue weighted by molar-refractivity contribution is 0.0475. The fraction of sp³-hybridized carbons (Fsp3) is 0.538. The summed E-state index contributed by atoms with van der Waals surface area (Å²) in [6.07, 6.45) is 0.313. The summed E-state index contributed by atoms with van der Waals surface area (Å²) in [6.45, 7) is 3.49. The van der Waals surface area contributed by atoms with Crippen molar-refractivity contribution in [1.82, 2.24) is 5.32 Å². The van der Waals surface area contributed by atoms with Crippen molar-refractivity contribution < 1.29 is 9.13 Å². The highest BCUT2D eigenvalue weighted by atomic mass is 35.5. The first-order valence-electron chi connectivity index (χ1n) is 5.94. The van der Waals surface area contributed by atoms with Gasteiger partial charge in [0, 0.05) is 34.6 Å². The van der Waals surface area contributed by atoms with Gasteiger partial charge in [0.25, 0.3) is 0 Å². The SMILES string of the molecule is CC(F)(CC1COCCN1)c1cc(Cl)ccc1Cl. The molecule has 0 spiro atoms. The average Bonchev–Trinajstić information content (AvgIpc) is 2.33. The number of alkyl halides is 1. The van der Waals surface area contributed by atoms with Gasteiger partial charge < -0.3 is 10.1 Å². The van der Waals surface area contributed by atoms with E-state index in [1.807, 2.05) is 0 Å². The van der Waals surface area contributed by atoms with Crippen molar-refractivity contribution in [3.05, 3.63) is 33.8 Å². The standard InChI is InChI=1S/C13H16Cl2FNO/c1-13(16,7-10-8-18-5-4-17-10)11-6-9(14)2-3-12(11)15/h2-3,6,10,17H,4-5,7-8H2,1H3. The molecule has 1 aliphatic heterocycles. The first-order chi connectivity index (χ1) is 8.49. The highest BCUT2D eigenvalue weighted by molar-refractivity contribution is 6.33. The van der Waals surface area contributed by atoms with Gasteiger partial charge in [-0.25, -0.2) is 4.39 Å². The second kappa shape index (κ2) is 5.74. The number of rotatable bonds is 3. The van der Waals surface area contributed by atoms with Crippen LogP contribution < -0.4 is 5.32 Å². The molecule has 0 aliphatic carbocycles. The lowest BCUT2D eigenvalue weighted by Gasteiger charge is -2.30. The van der Waals surface area contributed by atoms with Crippen LogP contribution >= 0.6 is 23.2 Å². The molecule has 1 heterocycles. The average molecular weight is 292 g/mol. The summed E-state index contributed by atoms with van der Waals surface area (Å²) >= 11 is 11.9. The molecule has 2 rings (SSSR count). The monoisotopic (exact) mass is 291 g/mol. The van der Waals surface area contributed by atoms with Crippen LogP contribution in [-0.2, 0) is 10.4 Å². The maximum Gasteiger partial charge on any atom is 0.136 e. The Labute approximate surface area is 116 Å². The zero-order valence-corrected chi connectivity index (χ0v) is 11.7. The van der Waals surface area contributed by atoms with Gasteiger partial charge in [0.1, 0.15) is 5.67 Å². The largest absolute Gasteiger partial charge is 0.379 e. The molecule has 0 saturated carbocycles. The molecule has 0 radical (unpaired) electrons. The smallest absolute Gasteiger partial charge is 0.136 e. The molecule has 1 saturated heterocycles. The van der Waals surface area contributed by atoms with Crippen molar-refractivity contribution in [3.8, 4) is 0 Å². The first kappa shape index (κ1) is 14.1. The lowest BCUT2D eigenvalue weighted by atomic mass is 9.90. The van der Waals surface area contributed by atoms with Crippen LogP contribution in [0, 0.1) is 0 Å². The highest BCUT2D eigenvalue weighted by Gasteiger charge is 2.32. The second-order valence-corrected chi connectivity index (χ2v) is 5.60. The van der Waals surface area contributed by atoms with Crippen molar-refractivity contribution in [1.29, 1.82) is 0 Å². The van der Waals surface area contributed by atoms with Crippen LogP contribution in [0.4, 0.5) is 4.39 Å². The molecule has 1 aromatic rings. The summed E-state index contributed by atoms with van der Waals surface area (Å²) in [4.78, 5) is 0. The molecular weight excluding hydrogens is 276 g/mol. The molecule has 100 valence electrons. The zero-order valence-electron chi connectivity index (χ0n) is 10.2. The van der Waals surface area contributed by atoms with E-state index in [9.17, 15) is 4.39 Å². The molecule has 0 amide bonds. The minimum absolute atomic E-state index is 0.00352. The normalized spacial score (nSPS) is 23.7. The van der Waals surface area contributed by atoms with Gasteiger partial charge in [-0.05, 0) is 25.1 Å². The molecule has 1 aliphatic rings. The van der Waals surface area contributed by atoms with Crippen molar-refractivity contribution >= 4 is 23.2 Å². The Hall–Kier alpha value is -0.350. The fourth-order valence-electron chi connectivity index (χ4n) is 2.22. The Morgan fingerprint density at radius 2 is 2.28 bits per heavy atom. The Morgan fingerprint density at radius 1 is 1.50 bits per heavy atom. The highest BCUT2D eigenvalue weighted by Crippen LogP contribution is 2.37. The van der Waals surface area contributed by atoms with Gasteiger partial charge in [-0.15, -0.1) is 0 Å². The van der Waals surface area contributed by atoms with Crippen molar-refractivity contribution in [3.63, 3.8) is 0 Å². The maximum absolute atomic E-state index is 14.8. The van der Waals surface area contributed by atoms with E-state index in [-0.39, 0.29) is 6.04 Å². The van der Waals surface area contributed by atoms with E-state index in [1.54, 1.807) is 18.2 Å². The molecule has 0 aromatic heterocycles. The van der Waals surface area contributed by atoms with Gasteiger partial charge in [0.05, 0.1) is 13.2 Å². The topological polar surface area (TPSA) is 21.3 Å². The molecule has 2 atom stereocenters. The van der Waals surface area contributed by atoms with E-state index in [2.05, 4.69) is 5.32 Å². The second-order valence-electron chi connectivity index (χ2n) is 4.75. The predicted octanol–water partition coefficient (Wildman–Crippen LogP) is 3.56. The molecule has 2 nitrogen and oxygen atoms in total. The molecular formula is C13H16Cl2FNO. The fourth-order valence-corrected chi connectivity index (χ4v) is 2.71. The first-order valence-corrected chi connectivity index (χ1v) is 6.70. The molecule has 2 unspecified atom stereocenters. The van der Waals surface area contributed by atoms with E-state index in [4.69, 9.17) is 27.9 Å². The Kier molecular flexibility index (Phi) is 4.49. The van der Waals surface area contributed by atoms with Crippen molar-refractivity contribution in [2.45, 2.75) is 25.1 Å². The summed E-state index contributed by atoms with van der Waals surface area (Å²) in [6, 6.07) is 4.88. The van der Waals surface area contributed by atoms with Crippen LogP contribution in [0.2, 0.25) is 10.0 Å². The molecule has 18 heavy (non-hydrogen) atoms. The number of hydrogen-bond donors (Lipinski definition) is 1. The minimum atomic E-state index is -1.53. The van der Waals surface area contributed by atoms with Crippen molar-refractivity contribution in [2.24, 2.45) is 0 Å². The van der Waals surface area contributed by atoms with Crippen LogP contribution in [0.3, 0.4) is 0 Å². The lowest BCUT2D eigenvalue weighted by Crippen LogP contribution is -2.44. The minimum Gasteiger partial charge on any atom is -0.379 e. The van der Waals surface area contributed by atoms with Crippen molar-refractivity contribution in [2.75, 3.05) is 19.8 Å².